The Morgan fingerprint density at radius 1 is 1.29 bits per heavy atom. The first-order chi connectivity index (χ1) is 11.1. The van der Waals surface area contributed by atoms with Crippen LogP contribution in [0, 0.1) is 34.5 Å². The lowest BCUT2D eigenvalue weighted by atomic mass is 9.46. The van der Waals surface area contributed by atoms with E-state index in [-0.39, 0.29) is 28.4 Å². The van der Waals surface area contributed by atoms with Crippen LogP contribution < -0.4 is 0 Å². The number of hydrogen-bond donors (Lipinski definition) is 2. The fraction of sp³-hybridized carbons (Fsp3) is 0.762. The summed E-state index contributed by atoms with van der Waals surface area (Å²) in [6.45, 7) is 10.7. The molecule has 0 amide bonds. The van der Waals surface area contributed by atoms with Crippen LogP contribution >= 0.6 is 0 Å². The van der Waals surface area contributed by atoms with Crippen LogP contribution in [-0.2, 0) is 4.79 Å². The van der Waals surface area contributed by atoms with E-state index in [1.54, 1.807) is 12.2 Å². The molecule has 0 aliphatic heterocycles. The summed E-state index contributed by atoms with van der Waals surface area (Å²) in [7, 11) is 0. The molecule has 7 atom stereocenters. The second-order valence-corrected chi connectivity index (χ2v) is 9.17. The predicted octanol–water partition coefficient (Wildman–Crippen LogP) is 3.51. The van der Waals surface area contributed by atoms with Crippen molar-refractivity contribution < 1.29 is 15.0 Å². The minimum absolute atomic E-state index is 0.0688. The van der Waals surface area contributed by atoms with E-state index in [2.05, 4.69) is 34.6 Å². The number of aliphatic hydroxyl groups is 2. The lowest BCUT2D eigenvalue weighted by molar-refractivity contribution is -0.156. The van der Waals surface area contributed by atoms with E-state index >= 15 is 0 Å². The van der Waals surface area contributed by atoms with Crippen molar-refractivity contribution in [2.75, 3.05) is 0 Å². The highest BCUT2D eigenvalue weighted by Crippen LogP contribution is 2.61. The minimum atomic E-state index is -0.448. The van der Waals surface area contributed by atoms with Gasteiger partial charge >= 0.3 is 0 Å². The normalized spacial score (nSPS) is 46.3. The molecule has 3 rings (SSSR count). The molecule has 24 heavy (non-hydrogen) atoms. The average Bonchev–Trinajstić information content (AvgIpc) is 2.51. The monoisotopic (exact) mass is 332 g/mol. The first-order valence-electron chi connectivity index (χ1n) is 9.41. The number of carbonyl (C=O) groups excluding carboxylic acids is 1. The maximum atomic E-state index is 11.8. The van der Waals surface area contributed by atoms with Gasteiger partial charge in [-0.15, -0.1) is 0 Å². The summed E-state index contributed by atoms with van der Waals surface area (Å²) in [4.78, 5) is 11.8. The quantitative estimate of drug-likeness (QED) is 0.813. The second kappa shape index (κ2) is 5.81. The molecule has 0 aromatic heterocycles. The summed E-state index contributed by atoms with van der Waals surface area (Å²) in [5.74, 6) is 1.09. The van der Waals surface area contributed by atoms with Crippen LogP contribution in [0.15, 0.2) is 23.8 Å². The van der Waals surface area contributed by atoms with E-state index in [4.69, 9.17) is 0 Å². The van der Waals surface area contributed by atoms with Gasteiger partial charge in [-0.05, 0) is 54.6 Å². The van der Waals surface area contributed by atoms with E-state index in [1.165, 1.54) is 5.57 Å². The SMILES string of the molecule is CC(C)[C@@H](O)[C@@]1(C)CC(O)C2[C@@H](CCC3=CC(=O)C=C[C@@]32C)C1C. The third-order valence-electron chi connectivity index (χ3n) is 7.56. The average molecular weight is 332 g/mol. The summed E-state index contributed by atoms with van der Waals surface area (Å²) in [6, 6.07) is 0. The zero-order chi connectivity index (χ0) is 17.9. The van der Waals surface area contributed by atoms with Crippen molar-refractivity contribution in [3.63, 3.8) is 0 Å². The van der Waals surface area contributed by atoms with Crippen LogP contribution in [0.5, 0.6) is 0 Å². The molecule has 0 spiro atoms. The van der Waals surface area contributed by atoms with Crippen molar-refractivity contribution in [3.8, 4) is 0 Å². The van der Waals surface area contributed by atoms with Gasteiger partial charge in [0.2, 0.25) is 0 Å². The molecule has 2 fully saturated rings. The number of aliphatic hydroxyl groups excluding tert-OH is 2. The van der Waals surface area contributed by atoms with E-state index in [0.717, 1.165) is 12.8 Å². The van der Waals surface area contributed by atoms with Crippen LogP contribution in [0.2, 0.25) is 0 Å². The van der Waals surface area contributed by atoms with Gasteiger partial charge in [0.1, 0.15) is 0 Å². The summed E-state index contributed by atoms with van der Waals surface area (Å²) in [5.41, 5.74) is 0.685. The fourth-order valence-electron chi connectivity index (χ4n) is 6.00. The van der Waals surface area contributed by atoms with Gasteiger partial charge in [-0.25, -0.2) is 0 Å². The first-order valence-corrected chi connectivity index (χ1v) is 9.41. The van der Waals surface area contributed by atoms with Crippen molar-refractivity contribution in [1.82, 2.24) is 0 Å². The Labute approximate surface area is 145 Å². The van der Waals surface area contributed by atoms with Gasteiger partial charge in [-0.3, -0.25) is 4.79 Å². The molecule has 0 bridgehead atoms. The Bertz CT molecular complexity index is 590. The number of rotatable bonds is 2. The molecular weight excluding hydrogens is 300 g/mol. The van der Waals surface area contributed by atoms with Crippen LogP contribution in [-0.4, -0.2) is 28.2 Å². The summed E-state index contributed by atoms with van der Waals surface area (Å²) in [5, 5.41) is 21.9. The molecule has 0 aromatic rings. The highest BCUT2D eigenvalue weighted by atomic mass is 16.3. The standard InChI is InChI=1S/C21H32O3/c1-12(2)19(24)21(5)11-17(23)18-16(13(21)3)7-6-14-10-15(22)8-9-20(14,18)4/h8-10,12-13,16-19,23-24H,6-7,11H2,1-5H3/t13?,16-,17?,18?,19+,20-,21-/m0/s1. The number of hydrogen-bond acceptors (Lipinski definition) is 3. The molecule has 3 aliphatic rings. The highest BCUT2D eigenvalue weighted by Gasteiger charge is 2.58. The Hall–Kier alpha value is -0.930. The Morgan fingerprint density at radius 3 is 2.58 bits per heavy atom. The van der Waals surface area contributed by atoms with Crippen LogP contribution in [0.4, 0.5) is 0 Å². The van der Waals surface area contributed by atoms with Crippen molar-refractivity contribution in [3.05, 3.63) is 23.8 Å². The zero-order valence-electron chi connectivity index (χ0n) is 15.6. The molecule has 3 aliphatic carbocycles. The van der Waals surface area contributed by atoms with Crippen molar-refractivity contribution >= 4 is 5.78 Å². The zero-order valence-corrected chi connectivity index (χ0v) is 15.6. The first kappa shape index (κ1) is 17.9. The number of allylic oxidation sites excluding steroid dienone is 4. The molecule has 0 aromatic carbocycles. The van der Waals surface area contributed by atoms with E-state index in [9.17, 15) is 15.0 Å². The van der Waals surface area contributed by atoms with Crippen LogP contribution in [0.1, 0.15) is 53.9 Å². The van der Waals surface area contributed by atoms with Gasteiger partial charge in [0.15, 0.2) is 5.78 Å². The molecule has 2 N–H and O–H groups in total. The lowest BCUT2D eigenvalue weighted by Crippen LogP contribution is -2.58. The highest BCUT2D eigenvalue weighted by molar-refractivity contribution is 6.01. The lowest BCUT2D eigenvalue weighted by Gasteiger charge is -2.60. The van der Waals surface area contributed by atoms with Crippen LogP contribution in [0.25, 0.3) is 0 Å². The molecule has 0 heterocycles. The molecule has 0 radical (unpaired) electrons. The largest absolute Gasteiger partial charge is 0.393 e. The number of carbonyl (C=O) groups is 1. The molecule has 0 saturated heterocycles. The topological polar surface area (TPSA) is 57.5 Å². The maximum absolute atomic E-state index is 11.8. The fourth-order valence-corrected chi connectivity index (χ4v) is 6.00. The minimum Gasteiger partial charge on any atom is -0.393 e. The number of fused-ring (bicyclic) bond motifs is 3. The third-order valence-corrected chi connectivity index (χ3v) is 7.56. The smallest absolute Gasteiger partial charge is 0.178 e. The molecular formula is C21H32O3. The molecule has 3 heteroatoms. The molecule has 3 unspecified atom stereocenters. The van der Waals surface area contributed by atoms with Gasteiger partial charge in [-0.2, -0.15) is 0 Å². The molecule has 134 valence electrons. The van der Waals surface area contributed by atoms with E-state index in [0.29, 0.717) is 18.3 Å². The molecule has 3 nitrogen and oxygen atoms in total. The third kappa shape index (κ3) is 2.43. The second-order valence-electron chi connectivity index (χ2n) is 9.17. The van der Waals surface area contributed by atoms with Gasteiger partial charge in [0, 0.05) is 11.3 Å². The Morgan fingerprint density at radius 2 is 1.96 bits per heavy atom. The van der Waals surface area contributed by atoms with Crippen molar-refractivity contribution in [1.29, 1.82) is 0 Å². The molecule has 2 saturated carbocycles. The summed E-state index contributed by atoms with van der Waals surface area (Å²) >= 11 is 0. The van der Waals surface area contributed by atoms with Gasteiger partial charge in [0.05, 0.1) is 12.2 Å². The Kier molecular flexibility index (Phi) is 4.33. The van der Waals surface area contributed by atoms with Crippen molar-refractivity contribution in [2.24, 2.45) is 34.5 Å². The number of ketones is 1. The van der Waals surface area contributed by atoms with Crippen LogP contribution in [0.3, 0.4) is 0 Å². The van der Waals surface area contributed by atoms with Gasteiger partial charge < -0.3 is 10.2 Å². The van der Waals surface area contributed by atoms with E-state index < -0.39 is 12.2 Å². The van der Waals surface area contributed by atoms with E-state index in [1.807, 2.05) is 6.08 Å². The van der Waals surface area contributed by atoms with Crippen molar-refractivity contribution in [2.45, 2.75) is 66.1 Å². The summed E-state index contributed by atoms with van der Waals surface area (Å²) < 4.78 is 0. The maximum Gasteiger partial charge on any atom is 0.178 e. The van der Waals surface area contributed by atoms with Gasteiger partial charge in [-0.1, -0.05) is 46.3 Å². The summed E-state index contributed by atoms with van der Waals surface area (Å²) in [6.07, 6.45) is 7.15. The van der Waals surface area contributed by atoms with Gasteiger partial charge in [0.25, 0.3) is 0 Å². The predicted molar refractivity (Wildman–Crippen MR) is 95.3 cm³/mol. The Balaban J connectivity index is 1.98.